The Hall–Kier alpha value is -3.96. The SMILES string of the molecule is CC(=O)O[C@H]1[C@H](OC(C)=O)C(c2c[nH]c([N+](=O)[O-])n2)O[C@@H]1COS(=O)(=O)c1ccc([N+](=O)[O-])cc1. The second kappa shape index (κ2) is 10.1. The van der Waals surface area contributed by atoms with E-state index in [0.717, 1.165) is 44.3 Å². The molecule has 0 amide bonds. The number of nitro benzene ring substituents is 1. The number of ether oxygens (including phenoxy) is 3. The van der Waals surface area contributed by atoms with Crippen LogP contribution in [-0.2, 0) is 38.1 Å². The molecular formula is C18H18N4O12S. The maximum atomic E-state index is 12.6. The van der Waals surface area contributed by atoms with Gasteiger partial charge in [-0.3, -0.25) is 23.9 Å². The molecule has 2 aromatic rings. The molecule has 1 fully saturated rings. The third-order valence-electron chi connectivity index (χ3n) is 4.69. The number of hydrogen-bond donors (Lipinski definition) is 1. The summed E-state index contributed by atoms with van der Waals surface area (Å²) in [5.41, 5.74) is -0.404. The highest BCUT2D eigenvalue weighted by Crippen LogP contribution is 2.38. The van der Waals surface area contributed by atoms with Crippen LogP contribution < -0.4 is 0 Å². The zero-order valence-electron chi connectivity index (χ0n) is 18.1. The maximum absolute atomic E-state index is 12.6. The molecule has 2 heterocycles. The Morgan fingerprint density at radius 2 is 1.66 bits per heavy atom. The van der Waals surface area contributed by atoms with Gasteiger partial charge in [0.2, 0.25) is 0 Å². The van der Waals surface area contributed by atoms with Crippen LogP contribution in [0.25, 0.3) is 0 Å². The molecule has 1 aliphatic rings. The predicted molar refractivity (Wildman–Crippen MR) is 110 cm³/mol. The van der Waals surface area contributed by atoms with Crippen LogP contribution in [0.5, 0.6) is 0 Å². The zero-order chi connectivity index (χ0) is 25.9. The van der Waals surface area contributed by atoms with Gasteiger partial charge in [0, 0.05) is 26.0 Å². The molecule has 0 spiro atoms. The maximum Gasteiger partial charge on any atom is 0.432 e. The van der Waals surface area contributed by atoms with Gasteiger partial charge in [-0.15, -0.1) is 0 Å². The smallest absolute Gasteiger partial charge is 0.432 e. The van der Waals surface area contributed by atoms with E-state index in [2.05, 4.69) is 9.97 Å². The Balaban J connectivity index is 1.86. The molecule has 1 aliphatic heterocycles. The molecule has 1 saturated heterocycles. The summed E-state index contributed by atoms with van der Waals surface area (Å²) in [6, 6.07) is 3.89. The van der Waals surface area contributed by atoms with Crippen molar-refractivity contribution in [3.05, 3.63) is 56.4 Å². The Bertz CT molecular complexity index is 1240. The van der Waals surface area contributed by atoms with E-state index in [9.17, 15) is 38.2 Å². The van der Waals surface area contributed by atoms with Crippen LogP contribution in [-0.4, -0.2) is 65.1 Å². The van der Waals surface area contributed by atoms with Crippen molar-refractivity contribution >= 4 is 33.7 Å². The predicted octanol–water partition coefficient (Wildman–Crippen LogP) is 0.935. The van der Waals surface area contributed by atoms with Crippen molar-refractivity contribution in [3.63, 3.8) is 0 Å². The van der Waals surface area contributed by atoms with Gasteiger partial charge in [0.25, 0.3) is 15.8 Å². The molecule has 1 unspecified atom stereocenters. The van der Waals surface area contributed by atoms with E-state index >= 15 is 0 Å². The van der Waals surface area contributed by atoms with Crippen molar-refractivity contribution in [2.75, 3.05) is 6.61 Å². The molecule has 1 N–H and O–H groups in total. The van der Waals surface area contributed by atoms with Crippen LogP contribution in [0.4, 0.5) is 11.6 Å². The Morgan fingerprint density at radius 1 is 1.06 bits per heavy atom. The van der Waals surface area contributed by atoms with Crippen LogP contribution in [0, 0.1) is 20.2 Å². The van der Waals surface area contributed by atoms with Crippen molar-refractivity contribution in [2.24, 2.45) is 0 Å². The first-order valence-corrected chi connectivity index (χ1v) is 11.1. The van der Waals surface area contributed by atoms with Gasteiger partial charge in [0.1, 0.15) is 12.3 Å². The number of imidazole rings is 1. The standard InChI is InChI=1S/C18H18N4O12S/c1-9(23)32-16-14(8-31-35(29,30)12-5-3-11(4-6-12)21(25)26)34-15(17(16)33-10(2)24)13-7-19-18(20-13)22(27)28/h3-7,14-17H,8H2,1-2H3,(H,19,20)/t14-,15?,16-,17-/m1/s1. The van der Waals surface area contributed by atoms with Gasteiger partial charge in [-0.05, 0) is 17.1 Å². The number of nitrogens with zero attached hydrogens (tertiary/aromatic N) is 3. The van der Waals surface area contributed by atoms with Crippen LogP contribution in [0.2, 0.25) is 0 Å². The van der Waals surface area contributed by atoms with Crippen molar-refractivity contribution in [1.29, 1.82) is 0 Å². The Labute approximate surface area is 196 Å². The number of nitro groups is 2. The number of non-ortho nitro benzene ring substituents is 1. The highest BCUT2D eigenvalue weighted by molar-refractivity contribution is 7.86. The first-order valence-electron chi connectivity index (χ1n) is 9.72. The summed E-state index contributed by atoms with van der Waals surface area (Å²) in [5, 5.41) is 21.7. The largest absolute Gasteiger partial charge is 0.456 e. The minimum absolute atomic E-state index is 0.0687. The number of esters is 2. The minimum atomic E-state index is -4.43. The molecule has 188 valence electrons. The first-order chi connectivity index (χ1) is 16.4. The van der Waals surface area contributed by atoms with Crippen LogP contribution in [0.3, 0.4) is 0 Å². The molecular weight excluding hydrogens is 496 g/mol. The van der Waals surface area contributed by atoms with Crippen LogP contribution in [0.1, 0.15) is 25.6 Å². The normalized spacial score (nSPS) is 21.9. The van der Waals surface area contributed by atoms with Gasteiger partial charge in [0.05, 0.1) is 16.4 Å². The quantitative estimate of drug-likeness (QED) is 0.213. The van der Waals surface area contributed by atoms with Gasteiger partial charge in [-0.25, -0.2) is 4.98 Å². The van der Waals surface area contributed by atoms with Crippen molar-refractivity contribution in [2.45, 2.75) is 43.2 Å². The summed E-state index contributed by atoms with van der Waals surface area (Å²) in [6.45, 7) is 1.40. The number of benzene rings is 1. The van der Waals surface area contributed by atoms with E-state index in [1.54, 1.807) is 0 Å². The molecule has 0 bridgehead atoms. The first kappa shape index (κ1) is 25.7. The molecule has 0 saturated carbocycles. The number of carbonyl (C=O) groups is 2. The fourth-order valence-corrected chi connectivity index (χ4v) is 4.20. The number of hydrogen-bond acceptors (Lipinski definition) is 13. The molecule has 1 aromatic carbocycles. The minimum Gasteiger partial charge on any atom is -0.456 e. The van der Waals surface area contributed by atoms with Crippen molar-refractivity contribution in [3.8, 4) is 0 Å². The molecule has 3 rings (SSSR count). The average Bonchev–Trinajstić information content (AvgIpc) is 3.38. The van der Waals surface area contributed by atoms with E-state index in [4.69, 9.17) is 18.4 Å². The average molecular weight is 514 g/mol. The third-order valence-corrected chi connectivity index (χ3v) is 5.98. The number of carbonyl (C=O) groups excluding carboxylic acids is 2. The highest BCUT2D eigenvalue weighted by Gasteiger charge is 2.52. The third kappa shape index (κ3) is 5.94. The fraction of sp³-hybridized carbons (Fsp3) is 0.389. The number of aromatic nitrogens is 2. The topological polar surface area (TPSA) is 220 Å². The monoisotopic (exact) mass is 514 g/mol. The molecule has 1 aromatic heterocycles. The lowest BCUT2D eigenvalue weighted by Crippen LogP contribution is -2.40. The van der Waals surface area contributed by atoms with E-state index in [1.807, 2.05) is 0 Å². The lowest BCUT2D eigenvalue weighted by Gasteiger charge is -2.22. The van der Waals surface area contributed by atoms with Crippen LogP contribution >= 0.6 is 0 Å². The van der Waals surface area contributed by atoms with E-state index < -0.39 is 68.9 Å². The summed E-state index contributed by atoms with van der Waals surface area (Å²) in [5.74, 6) is -2.24. The van der Waals surface area contributed by atoms with E-state index in [1.165, 1.54) is 0 Å². The van der Waals surface area contributed by atoms with Crippen molar-refractivity contribution in [1.82, 2.24) is 9.97 Å². The Morgan fingerprint density at radius 3 is 2.17 bits per heavy atom. The molecule has 0 aliphatic carbocycles. The molecule has 16 nitrogen and oxygen atoms in total. The van der Waals surface area contributed by atoms with Gasteiger partial charge >= 0.3 is 17.9 Å². The second-order valence-electron chi connectivity index (χ2n) is 7.14. The van der Waals surface area contributed by atoms with Gasteiger partial charge in [-0.2, -0.15) is 8.42 Å². The van der Waals surface area contributed by atoms with E-state index in [-0.39, 0.29) is 16.3 Å². The number of nitrogens with one attached hydrogen (secondary N) is 1. The summed E-state index contributed by atoms with van der Waals surface area (Å²) < 4.78 is 46.2. The summed E-state index contributed by atoms with van der Waals surface area (Å²) >= 11 is 0. The summed E-state index contributed by atoms with van der Waals surface area (Å²) in [4.78, 5) is 49.2. The lowest BCUT2D eigenvalue weighted by molar-refractivity contribution is -0.393. The summed E-state index contributed by atoms with van der Waals surface area (Å²) in [7, 11) is -4.43. The van der Waals surface area contributed by atoms with Gasteiger partial charge in [-0.1, -0.05) is 4.98 Å². The number of rotatable bonds is 9. The Kier molecular flexibility index (Phi) is 7.42. The van der Waals surface area contributed by atoms with Crippen LogP contribution in [0.15, 0.2) is 35.4 Å². The molecule has 0 radical (unpaired) electrons. The zero-order valence-corrected chi connectivity index (χ0v) is 18.9. The fourth-order valence-electron chi connectivity index (χ4n) is 3.28. The lowest BCUT2D eigenvalue weighted by atomic mass is 10.1. The molecule has 4 atom stereocenters. The molecule has 17 heteroatoms. The van der Waals surface area contributed by atoms with Gasteiger partial charge in [0.15, 0.2) is 24.0 Å². The second-order valence-corrected chi connectivity index (χ2v) is 8.75. The van der Waals surface area contributed by atoms with Gasteiger partial charge < -0.3 is 24.3 Å². The summed E-state index contributed by atoms with van der Waals surface area (Å²) in [6.07, 6.45) is -4.15. The highest BCUT2D eigenvalue weighted by atomic mass is 32.2. The van der Waals surface area contributed by atoms with E-state index in [0.29, 0.717) is 0 Å². The number of H-pyrrole nitrogens is 1. The molecule has 35 heavy (non-hydrogen) atoms. The number of aromatic amines is 1. The van der Waals surface area contributed by atoms with Crippen molar-refractivity contribution < 1.29 is 46.2 Å².